The SMILES string of the molecule is Cc1ncsc1C1=CC2CCC(C1)N2. The third kappa shape index (κ3) is 1.31. The number of thiazole rings is 1. The van der Waals surface area contributed by atoms with Gasteiger partial charge < -0.3 is 5.32 Å². The van der Waals surface area contributed by atoms with Gasteiger partial charge in [0, 0.05) is 12.1 Å². The van der Waals surface area contributed by atoms with Crippen LogP contribution in [0.25, 0.3) is 5.57 Å². The Balaban J connectivity index is 1.96. The Labute approximate surface area is 88.1 Å². The van der Waals surface area contributed by atoms with Crippen LogP contribution in [0, 0.1) is 6.92 Å². The highest BCUT2D eigenvalue weighted by atomic mass is 32.1. The molecule has 1 aromatic heterocycles. The third-order valence-electron chi connectivity index (χ3n) is 3.18. The molecule has 0 aliphatic carbocycles. The number of nitrogens with zero attached hydrogens (tertiary/aromatic N) is 1. The molecule has 0 amide bonds. The van der Waals surface area contributed by atoms with Gasteiger partial charge in [0.1, 0.15) is 0 Å². The average molecular weight is 206 g/mol. The van der Waals surface area contributed by atoms with Crippen molar-refractivity contribution in [1.82, 2.24) is 10.3 Å². The highest BCUT2D eigenvalue weighted by Gasteiger charge is 2.29. The van der Waals surface area contributed by atoms with Gasteiger partial charge in [-0.2, -0.15) is 0 Å². The monoisotopic (exact) mass is 206 g/mol. The van der Waals surface area contributed by atoms with Crippen molar-refractivity contribution in [2.75, 3.05) is 0 Å². The lowest BCUT2D eigenvalue weighted by molar-refractivity contribution is 0.575. The number of fused-ring (bicyclic) bond motifs is 2. The molecule has 1 saturated heterocycles. The zero-order valence-electron chi connectivity index (χ0n) is 8.29. The molecule has 14 heavy (non-hydrogen) atoms. The normalized spacial score (nSPS) is 30.5. The molecule has 0 aromatic carbocycles. The van der Waals surface area contributed by atoms with E-state index in [1.807, 2.05) is 5.51 Å². The number of rotatable bonds is 1. The molecule has 2 aliphatic heterocycles. The predicted octanol–water partition coefficient (Wildman–Crippen LogP) is 2.36. The van der Waals surface area contributed by atoms with Gasteiger partial charge in [0.25, 0.3) is 0 Å². The standard InChI is InChI=1S/C11H14N2S/c1-7-11(14-6-12-7)8-4-9-2-3-10(5-8)13-9/h4,6,9-10,13H,2-3,5H2,1H3. The van der Waals surface area contributed by atoms with Gasteiger partial charge >= 0.3 is 0 Å². The fourth-order valence-corrected chi connectivity index (χ4v) is 3.34. The molecule has 3 rings (SSSR count). The molecular weight excluding hydrogens is 192 g/mol. The second-order valence-electron chi connectivity index (χ2n) is 4.21. The van der Waals surface area contributed by atoms with Crippen LogP contribution in [0.15, 0.2) is 11.6 Å². The lowest BCUT2D eigenvalue weighted by atomic mass is 10.0. The molecule has 1 aromatic rings. The fourth-order valence-electron chi connectivity index (χ4n) is 2.50. The van der Waals surface area contributed by atoms with E-state index in [1.165, 1.54) is 35.4 Å². The molecule has 74 valence electrons. The zero-order valence-corrected chi connectivity index (χ0v) is 9.10. The molecule has 3 heteroatoms. The van der Waals surface area contributed by atoms with Crippen LogP contribution < -0.4 is 5.32 Å². The summed E-state index contributed by atoms with van der Waals surface area (Å²) >= 11 is 1.78. The lowest BCUT2D eigenvalue weighted by Gasteiger charge is -2.20. The van der Waals surface area contributed by atoms with E-state index >= 15 is 0 Å². The highest BCUT2D eigenvalue weighted by molar-refractivity contribution is 7.10. The van der Waals surface area contributed by atoms with Crippen molar-refractivity contribution in [2.24, 2.45) is 0 Å². The molecule has 1 fully saturated rings. The largest absolute Gasteiger partial charge is 0.307 e. The molecule has 0 spiro atoms. The Morgan fingerprint density at radius 3 is 3.14 bits per heavy atom. The molecule has 2 unspecified atom stereocenters. The number of aromatic nitrogens is 1. The van der Waals surface area contributed by atoms with Crippen molar-refractivity contribution in [2.45, 2.75) is 38.3 Å². The van der Waals surface area contributed by atoms with Gasteiger partial charge in [-0.05, 0) is 31.8 Å². The highest BCUT2D eigenvalue weighted by Crippen LogP contribution is 2.34. The van der Waals surface area contributed by atoms with Crippen molar-refractivity contribution in [3.8, 4) is 0 Å². The minimum Gasteiger partial charge on any atom is -0.307 e. The summed E-state index contributed by atoms with van der Waals surface area (Å²) in [5, 5.41) is 3.61. The molecule has 2 aliphatic rings. The molecule has 2 nitrogen and oxygen atoms in total. The quantitative estimate of drug-likeness (QED) is 0.763. The maximum Gasteiger partial charge on any atom is 0.0801 e. The van der Waals surface area contributed by atoms with Crippen LogP contribution in [0.5, 0.6) is 0 Å². The first-order valence-corrected chi connectivity index (χ1v) is 6.08. The van der Waals surface area contributed by atoms with Gasteiger partial charge in [0.2, 0.25) is 0 Å². The molecular formula is C11H14N2S. The van der Waals surface area contributed by atoms with E-state index in [-0.39, 0.29) is 0 Å². The summed E-state index contributed by atoms with van der Waals surface area (Å²) in [4.78, 5) is 5.73. The first-order chi connectivity index (χ1) is 6.83. The molecule has 0 saturated carbocycles. The van der Waals surface area contributed by atoms with Gasteiger partial charge in [-0.3, -0.25) is 0 Å². The Hall–Kier alpha value is -0.670. The number of nitrogens with one attached hydrogen (secondary N) is 1. The topological polar surface area (TPSA) is 24.9 Å². The van der Waals surface area contributed by atoms with Crippen LogP contribution in [-0.4, -0.2) is 17.1 Å². The molecule has 1 N–H and O–H groups in total. The molecule has 2 atom stereocenters. The summed E-state index contributed by atoms with van der Waals surface area (Å²) in [6, 6.07) is 1.35. The maximum atomic E-state index is 4.32. The van der Waals surface area contributed by atoms with Crippen molar-refractivity contribution < 1.29 is 0 Å². The fraction of sp³-hybridized carbons (Fsp3) is 0.545. The van der Waals surface area contributed by atoms with Gasteiger partial charge in [-0.15, -0.1) is 11.3 Å². The first-order valence-electron chi connectivity index (χ1n) is 5.20. The smallest absolute Gasteiger partial charge is 0.0801 e. The van der Waals surface area contributed by atoms with E-state index in [0.717, 1.165) is 6.04 Å². The van der Waals surface area contributed by atoms with Crippen LogP contribution in [-0.2, 0) is 0 Å². The predicted molar refractivity (Wildman–Crippen MR) is 59.4 cm³/mol. The maximum absolute atomic E-state index is 4.32. The summed E-state index contributed by atoms with van der Waals surface area (Å²) in [6.07, 6.45) is 6.25. The van der Waals surface area contributed by atoms with Crippen molar-refractivity contribution >= 4 is 16.9 Å². The molecule has 0 radical (unpaired) electrons. The Morgan fingerprint density at radius 1 is 1.50 bits per heavy atom. The van der Waals surface area contributed by atoms with E-state index in [0.29, 0.717) is 6.04 Å². The minimum atomic E-state index is 0.630. The summed E-state index contributed by atoms with van der Waals surface area (Å²) in [5.41, 5.74) is 4.67. The first kappa shape index (κ1) is 8.62. The molecule has 2 bridgehead atoms. The third-order valence-corrected chi connectivity index (χ3v) is 4.19. The molecule has 3 heterocycles. The van der Waals surface area contributed by atoms with Gasteiger partial charge in [0.15, 0.2) is 0 Å². The van der Waals surface area contributed by atoms with Crippen LogP contribution in [0.2, 0.25) is 0 Å². The van der Waals surface area contributed by atoms with Crippen molar-refractivity contribution in [3.63, 3.8) is 0 Å². The minimum absolute atomic E-state index is 0.630. The number of hydrogen-bond acceptors (Lipinski definition) is 3. The summed E-state index contributed by atoms with van der Waals surface area (Å²) < 4.78 is 0. The van der Waals surface area contributed by atoms with Crippen molar-refractivity contribution in [3.05, 3.63) is 22.2 Å². The van der Waals surface area contributed by atoms with E-state index in [1.54, 1.807) is 11.3 Å². The summed E-state index contributed by atoms with van der Waals surface area (Å²) in [6.45, 7) is 2.11. The number of hydrogen-bond donors (Lipinski definition) is 1. The van der Waals surface area contributed by atoms with Gasteiger partial charge in [0.05, 0.1) is 16.1 Å². The van der Waals surface area contributed by atoms with E-state index in [9.17, 15) is 0 Å². The Bertz CT molecular complexity index is 380. The Morgan fingerprint density at radius 2 is 2.43 bits per heavy atom. The lowest BCUT2D eigenvalue weighted by Crippen LogP contribution is -2.31. The van der Waals surface area contributed by atoms with E-state index in [2.05, 4.69) is 23.3 Å². The van der Waals surface area contributed by atoms with Crippen LogP contribution >= 0.6 is 11.3 Å². The van der Waals surface area contributed by atoms with E-state index < -0.39 is 0 Å². The zero-order chi connectivity index (χ0) is 9.54. The second-order valence-corrected chi connectivity index (χ2v) is 5.07. The van der Waals surface area contributed by atoms with Crippen LogP contribution in [0.4, 0.5) is 0 Å². The van der Waals surface area contributed by atoms with Gasteiger partial charge in [-0.25, -0.2) is 4.98 Å². The van der Waals surface area contributed by atoms with Gasteiger partial charge in [-0.1, -0.05) is 6.08 Å². The number of aryl methyl sites for hydroxylation is 1. The summed E-state index contributed by atoms with van der Waals surface area (Å²) in [5.74, 6) is 0. The van der Waals surface area contributed by atoms with Crippen LogP contribution in [0.3, 0.4) is 0 Å². The van der Waals surface area contributed by atoms with Crippen LogP contribution in [0.1, 0.15) is 29.8 Å². The Kier molecular flexibility index (Phi) is 1.96. The van der Waals surface area contributed by atoms with E-state index in [4.69, 9.17) is 0 Å². The summed E-state index contributed by atoms with van der Waals surface area (Å²) in [7, 11) is 0. The van der Waals surface area contributed by atoms with Crippen molar-refractivity contribution in [1.29, 1.82) is 0 Å². The average Bonchev–Trinajstić information content (AvgIpc) is 2.73. The second kappa shape index (κ2) is 3.17.